The first-order valence-corrected chi connectivity index (χ1v) is 6.49. The van der Waals surface area contributed by atoms with E-state index in [4.69, 9.17) is 4.74 Å². The fourth-order valence-corrected chi connectivity index (χ4v) is 1.96. The first kappa shape index (κ1) is 15.9. The first-order chi connectivity index (χ1) is 9.42. The molecule has 0 saturated heterocycles. The molecule has 1 unspecified atom stereocenters. The molecule has 0 radical (unpaired) electrons. The molecule has 0 bridgehead atoms. The van der Waals surface area contributed by atoms with E-state index in [1.807, 2.05) is 6.92 Å². The zero-order valence-electron chi connectivity index (χ0n) is 12.3. The highest BCUT2D eigenvalue weighted by Crippen LogP contribution is 2.14. The molecular formula is C14H21N3O3. The number of aryl methyl sites for hydroxylation is 1. The Labute approximate surface area is 118 Å². The van der Waals surface area contributed by atoms with E-state index >= 15 is 0 Å². The summed E-state index contributed by atoms with van der Waals surface area (Å²) in [4.78, 5) is 23.7. The van der Waals surface area contributed by atoms with Gasteiger partial charge in [0.1, 0.15) is 5.54 Å². The molecule has 1 aromatic heterocycles. The van der Waals surface area contributed by atoms with Gasteiger partial charge in [-0.1, -0.05) is 13.3 Å². The standard InChI is InChI=1S/C14H21N3O3/c1-5-9-14(2,13(19)20-4)16-12(18)7-6-11-8-10-15-17(11)3/h6-8,10H,5,9H2,1-4H3,(H,16,18)/b7-6+. The molecular weight excluding hydrogens is 258 g/mol. The average molecular weight is 279 g/mol. The van der Waals surface area contributed by atoms with Crippen molar-refractivity contribution in [2.75, 3.05) is 7.11 Å². The second-order valence-electron chi connectivity index (χ2n) is 4.78. The molecule has 1 heterocycles. The fraction of sp³-hybridized carbons (Fsp3) is 0.500. The minimum atomic E-state index is -1.00. The molecule has 1 N–H and O–H groups in total. The number of methoxy groups -OCH3 is 1. The lowest BCUT2D eigenvalue weighted by Gasteiger charge is -2.26. The van der Waals surface area contributed by atoms with Gasteiger partial charge in [-0.3, -0.25) is 9.48 Å². The Morgan fingerprint density at radius 3 is 2.75 bits per heavy atom. The van der Waals surface area contributed by atoms with E-state index in [1.54, 1.807) is 37.0 Å². The average Bonchev–Trinajstić information content (AvgIpc) is 2.81. The van der Waals surface area contributed by atoms with Crippen LogP contribution in [-0.2, 0) is 21.4 Å². The molecule has 1 atom stereocenters. The third kappa shape index (κ3) is 3.94. The zero-order valence-corrected chi connectivity index (χ0v) is 12.3. The number of ether oxygens (including phenoxy) is 1. The number of carbonyl (C=O) groups is 2. The Kier molecular flexibility index (Phi) is 5.49. The van der Waals surface area contributed by atoms with Crippen molar-refractivity contribution in [2.45, 2.75) is 32.2 Å². The van der Waals surface area contributed by atoms with Crippen LogP contribution in [0.3, 0.4) is 0 Å². The van der Waals surface area contributed by atoms with Crippen LogP contribution in [0.15, 0.2) is 18.3 Å². The quantitative estimate of drug-likeness (QED) is 0.629. The van der Waals surface area contributed by atoms with Gasteiger partial charge in [-0.2, -0.15) is 5.10 Å². The third-order valence-electron chi connectivity index (χ3n) is 3.05. The smallest absolute Gasteiger partial charge is 0.331 e. The number of rotatable bonds is 6. The Morgan fingerprint density at radius 2 is 2.25 bits per heavy atom. The summed E-state index contributed by atoms with van der Waals surface area (Å²) in [6, 6.07) is 1.79. The topological polar surface area (TPSA) is 73.2 Å². The van der Waals surface area contributed by atoms with E-state index in [1.165, 1.54) is 13.2 Å². The number of nitrogens with zero attached hydrogens (tertiary/aromatic N) is 2. The highest BCUT2D eigenvalue weighted by molar-refractivity contribution is 5.95. The molecule has 0 aliphatic rings. The van der Waals surface area contributed by atoms with Gasteiger partial charge in [0.15, 0.2) is 0 Å². The SMILES string of the molecule is CCCC(C)(NC(=O)/C=C/c1ccnn1C)C(=O)OC. The molecule has 0 aliphatic heterocycles. The van der Waals surface area contributed by atoms with Gasteiger partial charge < -0.3 is 10.1 Å². The summed E-state index contributed by atoms with van der Waals surface area (Å²) in [5, 5.41) is 6.70. The minimum absolute atomic E-state index is 0.340. The number of carbonyl (C=O) groups excluding carboxylic acids is 2. The van der Waals surface area contributed by atoms with Crippen molar-refractivity contribution in [2.24, 2.45) is 7.05 Å². The number of hydrogen-bond acceptors (Lipinski definition) is 4. The van der Waals surface area contributed by atoms with Crippen molar-refractivity contribution in [3.63, 3.8) is 0 Å². The van der Waals surface area contributed by atoms with Gasteiger partial charge >= 0.3 is 5.97 Å². The highest BCUT2D eigenvalue weighted by Gasteiger charge is 2.34. The molecule has 1 amide bonds. The minimum Gasteiger partial charge on any atom is -0.467 e. The predicted molar refractivity (Wildman–Crippen MR) is 75.7 cm³/mol. The van der Waals surface area contributed by atoms with Gasteiger partial charge in [0, 0.05) is 19.3 Å². The van der Waals surface area contributed by atoms with E-state index in [0.29, 0.717) is 6.42 Å². The van der Waals surface area contributed by atoms with E-state index in [9.17, 15) is 9.59 Å². The Hall–Kier alpha value is -2.11. The second kappa shape index (κ2) is 6.88. The summed E-state index contributed by atoms with van der Waals surface area (Å²) >= 11 is 0. The molecule has 0 aliphatic carbocycles. The lowest BCUT2D eigenvalue weighted by atomic mass is 9.96. The number of hydrogen-bond donors (Lipinski definition) is 1. The normalized spacial score (nSPS) is 14.0. The second-order valence-corrected chi connectivity index (χ2v) is 4.78. The first-order valence-electron chi connectivity index (χ1n) is 6.49. The Morgan fingerprint density at radius 1 is 1.55 bits per heavy atom. The molecule has 6 heteroatoms. The van der Waals surface area contributed by atoms with E-state index in [0.717, 1.165) is 12.1 Å². The van der Waals surface area contributed by atoms with Crippen molar-refractivity contribution in [1.29, 1.82) is 0 Å². The van der Waals surface area contributed by atoms with Crippen LogP contribution in [-0.4, -0.2) is 34.3 Å². The third-order valence-corrected chi connectivity index (χ3v) is 3.05. The van der Waals surface area contributed by atoms with Crippen molar-refractivity contribution >= 4 is 18.0 Å². The molecule has 1 aromatic rings. The highest BCUT2D eigenvalue weighted by atomic mass is 16.5. The van der Waals surface area contributed by atoms with E-state index in [-0.39, 0.29) is 5.91 Å². The number of amides is 1. The molecule has 0 saturated carbocycles. The number of nitrogens with one attached hydrogen (secondary N) is 1. The van der Waals surface area contributed by atoms with Crippen LogP contribution in [0.2, 0.25) is 0 Å². The van der Waals surface area contributed by atoms with Crippen LogP contribution >= 0.6 is 0 Å². The van der Waals surface area contributed by atoms with Crippen LogP contribution in [0, 0.1) is 0 Å². The van der Waals surface area contributed by atoms with Crippen LogP contribution in [0.1, 0.15) is 32.4 Å². The van der Waals surface area contributed by atoms with Crippen LogP contribution < -0.4 is 5.32 Å². The van der Waals surface area contributed by atoms with E-state index in [2.05, 4.69) is 10.4 Å². The molecule has 1 rings (SSSR count). The largest absolute Gasteiger partial charge is 0.467 e. The lowest BCUT2D eigenvalue weighted by molar-refractivity contribution is -0.150. The van der Waals surface area contributed by atoms with Gasteiger partial charge in [0.05, 0.1) is 12.8 Å². The van der Waals surface area contributed by atoms with Crippen LogP contribution in [0.4, 0.5) is 0 Å². The molecule has 0 spiro atoms. The Balaban J connectivity index is 2.74. The van der Waals surface area contributed by atoms with Gasteiger partial charge in [-0.15, -0.1) is 0 Å². The summed E-state index contributed by atoms with van der Waals surface area (Å²) in [5.41, 5.74) is -0.201. The predicted octanol–water partition coefficient (Wildman–Crippen LogP) is 1.28. The van der Waals surface area contributed by atoms with Crippen molar-refractivity contribution in [3.8, 4) is 0 Å². The Bertz CT molecular complexity index is 508. The summed E-state index contributed by atoms with van der Waals surface area (Å²) in [7, 11) is 3.10. The number of esters is 1. The molecule has 110 valence electrons. The maximum Gasteiger partial charge on any atom is 0.331 e. The maximum absolute atomic E-state index is 11.9. The van der Waals surface area contributed by atoms with Gasteiger partial charge in [0.2, 0.25) is 5.91 Å². The maximum atomic E-state index is 11.9. The van der Waals surface area contributed by atoms with Crippen molar-refractivity contribution in [1.82, 2.24) is 15.1 Å². The van der Waals surface area contributed by atoms with Gasteiger partial charge in [-0.05, 0) is 25.5 Å². The van der Waals surface area contributed by atoms with Crippen LogP contribution in [0.5, 0.6) is 0 Å². The zero-order chi connectivity index (χ0) is 15.2. The van der Waals surface area contributed by atoms with Gasteiger partial charge in [0.25, 0.3) is 0 Å². The molecule has 0 fully saturated rings. The number of aromatic nitrogens is 2. The fourth-order valence-electron chi connectivity index (χ4n) is 1.96. The monoisotopic (exact) mass is 279 g/mol. The molecule has 0 aromatic carbocycles. The van der Waals surface area contributed by atoms with Crippen molar-refractivity contribution in [3.05, 3.63) is 24.0 Å². The molecule has 6 nitrogen and oxygen atoms in total. The summed E-state index contributed by atoms with van der Waals surface area (Å²) in [6.07, 6.45) is 5.95. The summed E-state index contributed by atoms with van der Waals surface area (Å²) in [6.45, 7) is 3.61. The van der Waals surface area contributed by atoms with Crippen molar-refractivity contribution < 1.29 is 14.3 Å². The van der Waals surface area contributed by atoms with E-state index < -0.39 is 11.5 Å². The molecule has 20 heavy (non-hydrogen) atoms. The summed E-state index contributed by atoms with van der Waals surface area (Å²) in [5.74, 6) is -0.783. The lowest BCUT2D eigenvalue weighted by Crippen LogP contribution is -2.52. The summed E-state index contributed by atoms with van der Waals surface area (Å²) < 4.78 is 6.39. The van der Waals surface area contributed by atoms with Gasteiger partial charge in [-0.25, -0.2) is 4.79 Å². The van der Waals surface area contributed by atoms with Crippen LogP contribution in [0.25, 0.3) is 6.08 Å².